The fraction of sp³-hybridized carbons (Fsp3) is 0.133. The van der Waals surface area contributed by atoms with Gasteiger partial charge in [0.1, 0.15) is 18.2 Å². The number of hydrogen-bond acceptors (Lipinski definition) is 3. The Morgan fingerprint density at radius 3 is 2.47 bits per heavy atom. The van der Waals surface area contributed by atoms with Gasteiger partial charge >= 0.3 is 0 Å². The van der Waals surface area contributed by atoms with E-state index in [9.17, 15) is 4.39 Å². The number of aliphatic hydroxyl groups is 1. The Labute approximate surface area is 110 Å². The quantitative estimate of drug-likeness (QED) is 0.916. The lowest BCUT2D eigenvalue weighted by Gasteiger charge is -2.08. The minimum atomic E-state index is -0.443. The number of hydrogen-bond donors (Lipinski definition) is 1. The van der Waals surface area contributed by atoms with Crippen molar-refractivity contribution >= 4 is 0 Å². The molecule has 4 heteroatoms. The fourth-order valence-electron chi connectivity index (χ4n) is 1.64. The molecule has 0 amide bonds. The Bertz CT molecular complexity index is 603. The maximum Gasteiger partial charge on any atom is 0.127 e. The molecule has 0 spiro atoms. The summed E-state index contributed by atoms with van der Waals surface area (Å²) in [6, 6.07) is 13.1. The maximum absolute atomic E-state index is 13.2. The highest BCUT2D eigenvalue weighted by atomic mass is 19.1. The smallest absolute Gasteiger partial charge is 0.127 e. The van der Waals surface area contributed by atoms with E-state index in [0.29, 0.717) is 16.9 Å². The van der Waals surface area contributed by atoms with Gasteiger partial charge in [0, 0.05) is 6.07 Å². The zero-order valence-electron chi connectivity index (χ0n) is 10.1. The highest BCUT2D eigenvalue weighted by Crippen LogP contribution is 2.18. The lowest BCUT2D eigenvalue weighted by Crippen LogP contribution is -1.97. The molecular weight excluding hydrogens is 245 g/mol. The molecule has 19 heavy (non-hydrogen) atoms. The number of ether oxygens (including phenoxy) is 1. The van der Waals surface area contributed by atoms with Crippen LogP contribution in [0.2, 0.25) is 0 Å². The largest absolute Gasteiger partial charge is 0.489 e. The molecule has 3 nitrogen and oxygen atoms in total. The Balaban J connectivity index is 2.05. The number of nitriles is 1. The van der Waals surface area contributed by atoms with E-state index in [1.54, 1.807) is 30.3 Å². The molecule has 0 aromatic heterocycles. The lowest BCUT2D eigenvalue weighted by atomic mass is 10.1. The average Bonchev–Trinajstić information content (AvgIpc) is 2.45. The average molecular weight is 257 g/mol. The second kappa shape index (κ2) is 5.98. The third-order valence-electron chi connectivity index (χ3n) is 2.60. The molecular formula is C15H12FNO2. The van der Waals surface area contributed by atoms with Crippen molar-refractivity contribution in [3.63, 3.8) is 0 Å². The van der Waals surface area contributed by atoms with E-state index < -0.39 is 5.82 Å². The summed E-state index contributed by atoms with van der Waals surface area (Å²) in [4.78, 5) is 0. The molecule has 2 aromatic rings. The van der Waals surface area contributed by atoms with Crippen LogP contribution in [0.3, 0.4) is 0 Å². The summed E-state index contributed by atoms with van der Waals surface area (Å²) in [6.07, 6.45) is 0. The summed E-state index contributed by atoms with van der Waals surface area (Å²) in [7, 11) is 0. The summed E-state index contributed by atoms with van der Waals surface area (Å²) in [6.45, 7) is 0.0466. The second-order valence-corrected chi connectivity index (χ2v) is 4.05. The third-order valence-corrected chi connectivity index (χ3v) is 2.60. The van der Waals surface area contributed by atoms with Crippen LogP contribution in [0.15, 0.2) is 42.5 Å². The van der Waals surface area contributed by atoms with E-state index >= 15 is 0 Å². The van der Waals surface area contributed by atoms with Crippen LogP contribution in [0.4, 0.5) is 4.39 Å². The van der Waals surface area contributed by atoms with E-state index in [0.717, 1.165) is 5.56 Å². The number of rotatable bonds is 4. The minimum Gasteiger partial charge on any atom is -0.489 e. The molecule has 0 aliphatic carbocycles. The van der Waals surface area contributed by atoms with Crippen LogP contribution in [0.5, 0.6) is 5.75 Å². The number of aliphatic hydroxyl groups excluding tert-OH is 1. The first kappa shape index (κ1) is 13.1. The van der Waals surface area contributed by atoms with Gasteiger partial charge in [0.25, 0.3) is 0 Å². The van der Waals surface area contributed by atoms with E-state index in [4.69, 9.17) is 15.1 Å². The normalized spacial score (nSPS) is 9.95. The molecule has 0 bridgehead atoms. The molecule has 0 aliphatic heterocycles. The predicted octanol–water partition coefficient (Wildman–Crippen LogP) is 2.77. The molecule has 0 atom stereocenters. The SMILES string of the molecule is N#Cc1ccc(COc2cc(F)cc(CO)c2)cc1. The van der Waals surface area contributed by atoms with Crippen molar-refractivity contribution in [3.8, 4) is 11.8 Å². The standard InChI is InChI=1S/C15H12FNO2/c16-14-5-13(9-18)6-15(7-14)19-10-12-3-1-11(8-17)2-4-12/h1-7,18H,9-10H2. The number of benzene rings is 2. The first-order chi connectivity index (χ1) is 9.21. The van der Waals surface area contributed by atoms with Crippen LogP contribution < -0.4 is 4.74 Å². The van der Waals surface area contributed by atoms with Crippen LogP contribution in [-0.4, -0.2) is 5.11 Å². The van der Waals surface area contributed by atoms with Gasteiger partial charge in [-0.05, 0) is 35.4 Å². The summed E-state index contributed by atoms with van der Waals surface area (Å²) in [5.74, 6) is -0.0743. The molecule has 0 fully saturated rings. The van der Waals surface area contributed by atoms with E-state index in [1.165, 1.54) is 12.1 Å². The summed E-state index contributed by atoms with van der Waals surface area (Å²) in [5, 5.41) is 17.7. The summed E-state index contributed by atoms with van der Waals surface area (Å²) < 4.78 is 18.7. The topological polar surface area (TPSA) is 53.2 Å². The van der Waals surface area contributed by atoms with Gasteiger partial charge in [-0.25, -0.2) is 4.39 Å². The second-order valence-electron chi connectivity index (χ2n) is 4.05. The Morgan fingerprint density at radius 2 is 1.84 bits per heavy atom. The van der Waals surface area contributed by atoms with Gasteiger partial charge in [0.2, 0.25) is 0 Å². The van der Waals surface area contributed by atoms with Gasteiger partial charge in [-0.2, -0.15) is 5.26 Å². The van der Waals surface area contributed by atoms with Gasteiger partial charge < -0.3 is 9.84 Å². The lowest BCUT2D eigenvalue weighted by molar-refractivity contribution is 0.276. The van der Waals surface area contributed by atoms with Crippen LogP contribution in [0, 0.1) is 17.1 Å². The monoisotopic (exact) mass is 257 g/mol. The third kappa shape index (κ3) is 3.54. The molecule has 2 aromatic carbocycles. The van der Waals surface area contributed by atoms with Crippen LogP contribution in [0.25, 0.3) is 0 Å². The molecule has 0 heterocycles. The highest BCUT2D eigenvalue weighted by Gasteiger charge is 2.02. The van der Waals surface area contributed by atoms with E-state index in [2.05, 4.69) is 0 Å². The van der Waals surface area contributed by atoms with Crippen molar-refractivity contribution in [2.75, 3.05) is 0 Å². The Kier molecular flexibility index (Phi) is 4.11. The van der Waals surface area contributed by atoms with E-state index in [-0.39, 0.29) is 13.2 Å². The Morgan fingerprint density at radius 1 is 1.11 bits per heavy atom. The van der Waals surface area contributed by atoms with Crippen molar-refractivity contribution in [2.45, 2.75) is 13.2 Å². The summed E-state index contributed by atoms with van der Waals surface area (Å²) >= 11 is 0. The van der Waals surface area contributed by atoms with Crippen molar-refractivity contribution in [3.05, 3.63) is 65.0 Å². The van der Waals surface area contributed by atoms with Gasteiger partial charge in [-0.3, -0.25) is 0 Å². The van der Waals surface area contributed by atoms with Gasteiger partial charge in [-0.1, -0.05) is 12.1 Å². The van der Waals surface area contributed by atoms with Crippen molar-refractivity contribution < 1.29 is 14.2 Å². The molecule has 96 valence electrons. The predicted molar refractivity (Wildman–Crippen MR) is 67.8 cm³/mol. The van der Waals surface area contributed by atoms with Crippen molar-refractivity contribution in [1.82, 2.24) is 0 Å². The van der Waals surface area contributed by atoms with E-state index in [1.807, 2.05) is 6.07 Å². The number of halogens is 1. The highest BCUT2D eigenvalue weighted by molar-refractivity contribution is 5.32. The summed E-state index contributed by atoms with van der Waals surface area (Å²) in [5.41, 5.74) is 1.93. The number of nitrogens with zero attached hydrogens (tertiary/aromatic N) is 1. The van der Waals surface area contributed by atoms with Crippen LogP contribution in [-0.2, 0) is 13.2 Å². The van der Waals surface area contributed by atoms with Gasteiger partial charge in [0.05, 0.1) is 18.2 Å². The first-order valence-corrected chi connectivity index (χ1v) is 5.73. The van der Waals surface area contributed by atoms with Crippen molar-refractivity contribution in [1.29, 1.82) is 5.26 Å². The molecule has 1 N–H and O–H groups in total. The van der Waals surface area contributed by atoms with Gasteiger partial charge in [0.15, 0.2) is 0 Å². The molecule has 0 radical (unpaired) electrons. The zero-order chi connectivity index (χ0) is 13.7. The molecule has 0 aliphatic rings. The van der Waals surface area contributed by atoms with Crippen LogP contribution >= 0.6 is 0 Å². The zero-order valence-corrected chi connectivity index (χ0v) is 10.1. The fourth-order valence-corrected chi connectivity index (χ4v) is 1.64. The molecule has 0 unspecified atom stereocenters. The molecule has 0 saturated heterocycles. The Hall–Kier alpha value is -2.38. The first-order valence-electron chi connectivity index (χ1n) is 5.73. The molecule has 0 saturated carbocycles. The van der Waals surface area contributed by atoms with Crippen LogP contribution in [0.1, 0.15) is 16.7 Å². The maximum atomic E-state index is 13.2. The molecule has 2 rings (SSSR count). The van der Waals surface area contributed by atoms with Gasteiger partial charge in [-0.15, -0.1) is 0 Å². The minimum absolute atomic E-state index is 0.231. The van der Waals surface area contributed by atoms with Crippen molar-refractivity contribution in [2.24, 2.45) is 0 Å².